The molecule has 17 heteroatoms. The van der Waals surface area contributed by atoms with E-state index in [1.807, 2.05) is 18.4 Å². The van der Waals surface area contributed by atoms with Crippen molar-refractivity contribution in [2.75, 3.05) is 39.6 Å². The minimum atomic E-state index is -4.11. The number of aliphatic hydroxyl groups excluding tert-OH is 1. The number of amides is 2. The highest BCUT2D eigenvalue weighted by molar-refractivity contribution is 7.89. The largest absolute Gasteiger partial charge is 0.454 e. The lowest BCUT2D eigenvalue weighted by Crippen LogP contribution is -2.51. The Kier molecular flexibility index (Phi) is 11.6. The number of fused-ring (bicyclic) bond motifs is 2. The van der Waals surface area contributed by atoms with Crippen LogP contribution in [0.1, 0.15) is 25.8 Å². The lowest BCUT2D eigenvalue weighted by atomic mass is 10.0. The Bertz CT molecular complexity index is 1740. The summed E-state index contributed by atoms with van der Waals surface area (Å²) in [5, 5.41) is 17.1. The molecule has 0 bridgehead atoms. The van der Waals surface area contributed by atoms with Crippen LogP contribution in [0.5, 0.6) is 17.2 Å². The third kappa shape index (κ3) is 9.28. The van der Waals surface area contributed by atoms with E-state index in [1.165, 1.54) is 22.5 Å². The minimum Gasteiger partial charge on any atom is -0.454 e. The number of sulfonamides is 1. The van der Waals surface area contributed by atoms with Crippen molar-refractivity contribution in [3.8, 4) is 17.2 Å². The number of rotatable bonds is 15. The molecule has 276 valence electrons. The summed E-state index contributed by atoms with van der Waals surface area (Å²) in [5.41, 5.74) is 0.676. The number of aliphatic hydroxyl groups is 1. The molecule has 0 radical (unpaired) electrons. The molecule has 3 aliphatic heterocycles. The van der Waals surface area contributed by atoms with Gasteiger partial charge in [-0.05, 0) is 48.6 Å². The maximum Gasteiger partial charge on any atom is 0.412 e. The molecule has 1 aromatic heterocycles. The van der Waals surface area contributed by atoms with E-state index in [0.717, 1.165) is 0 Å². The number of aromatic nitrogens is 2. The highest BCUT2D eigenvalue weighted by atomic mass is 32.2. The van der Waals surface area contributed by atoms with Crippen LogP contribution in [0.25, 0.3) is 0 Å². The molecular weight excluding hydrogens is 686 g/mol. The number of carbonyl (C=O) groups is 2. The number of nitrogens with zero attached hydrogens (tertiary/aromatic N) is 3. The fourth-order valence-corrected chi connectivity index (χ4v) is 7.79. The quantitative estimate of drug-likeness (QED) is 0.208. The Hall–Kier alpha value is -4.42. The van der Waals surface area contributed by atoms with E-state index >= 15 is 0 Å². The number of alkyl carbamates (subject to hydrolysis) is 1. The van der Waals surface area contributed by atoms with Crippen molar-refractivity contribution in [3.63, 3.8) is 0 Å². The molecule has 3 N–H and O–H groups in total. The van der Waals surface area contributed by atoms with Crippen LogP contribution in [-0.4, -0.2) is 104 Å². The zero-order valence-corrected chi connectivity index (χ0v) is 29.2. The molecule has 2 saturated heterocycles. The van der Waals surface area contributed by atoms with Gasteiger partial charge in [-0.25, -0.2) is 23.0 Å². The van der Waals surface area contributed by atoms with Gasteiger partial charge in [0.2, 0.25) is 16.8 Å². The number of hydrogen-bond acceptors (Lipinski definition) is 12. The van der Waals surface area contributed by atoms with Crippen LogP contribution in [0, 0.1) is 11.8 Å². The second-order valence-electron chi connectivity index (χ2n) is 13.0. The summed E-state index contributed by atoms with van der Waals surface area (Å²) >= 11 is 0. The monoisotopic (exact) mass is 729 g/mol. The molecule has 3 aromatic rings. The Morgan fingerprint density at radius 3 is 2.65 bits per heavy atom. The number of nitrogens with one attached hydrogen (secondary N) is 2. The van der Waals surface area contributed by atoms with Crippen LogP contribution in [-0.2, 0) is 37.2 Å². The van der Waals surface area contributed by atoms with E-state index in [4.69, 9.17) is 28.4 Å². The highest BCUT2D eigenvalue weighted by Crippen LogP contribution is 2.35. The Balaban J connectivity index is 1.14. The maximum atomic E-state index is 13.9. The molecule has 0 saturated carbocycles. The average molecular weight is 730 g/mol. The van der Waals surface area contributed by atoms with Gasteiger partial charge >= 0.3 is 12.2 Å². The van der Waals surface area contributed by atoms with Crippen LogP contribution in [0.4, 0.5) is 9.59 Å². The predicted octanol–water partition coefficient (Wildman–Crippen LogP) is 2.51. The SMILES string of the molecule is CC(C)CN(C[C@H](O)[C@H](Cc1ccc(OC(=O)NCCn2ccnc2)cc1)NC(=O)O[C@H]1CO[C@H]2OCC[C@H]21)S(=O)(=O)c1ccc2c(c1)OCO2. The van der Waals surface area contributed by atoms with Gasteiger partial charge in [0.25, 0.3) is 0 Å². The summed E-state index contributed by atoms with van der Waals surface area (Å²) in [5.74, 6) is 0.863. The van der Waals surface area contributed by atoms with Crippen molar-refractivity contribution >= 4 is 22.2 Å². The first-order valence-corrected chi connectivity index (χ1v) is 18.3. The van der Waals surface area contributed by atoms with Gasteiger partial charge in [0, 0.05) is 44.6 Å². The summed E-state index contributed by atoms with van der Waals surface area (Å²) in [6, 6.07) is 9.97. The molecule has 0 aliphatic carbocycles. The van der Waals surface area contributed by atoms with E-state index in [-0.39, 0.29) is 55.4 Å². The van der Waals surface area contributed by atoms with E-state index in [1.54, 1.807) is 43.0 Å². The first kappa shape index (κ1) is 36.4. The molecule has 3 aliphatic rings. The first-order chi connectivity index (χ1) is 24.5. The van der Waals surface area contributed by atoms with E-state index in [9.17, 15) is 23.1 Å². The second-order valence-corrected chi connectivity index (χ2v) is 14.9. The average Bonchev–Trinajstić information content (AvgIpc) is 3.92. The molecule has 0 unspecified atom stereocenters. The van der Waals surface area contributed by atoms with Gasteiger partial charge < -0.3 is 48.7 Å². The van der Waals surface area contributed by atoms with Gasteiger partial charge in [-0.15, -0.1) is 0 Å². The lowest BCUT2D eigenvalue weighted by molar-refractivity contribution is -0.0907. The summed E-state index contributed by atoms with van der Waals surface area (Å²) in [7, 11) is -4.11. The standard InChI is InChI=1S/C34H43N5O11S/c1-22(2)17-39(51(43,44)25-7-8-29-30(16-25)48-21-47-29)18-28(40)27(37-34(42)50-31-19-46-32-26(31)9-14-45-32)15-23-3-5-24(6-4-23)49-33(41)36-11-13-38-12-10-35-20-38/h3-8,10,12,16,20,22,26-28,31-32,40H,9,11,13-15,17-19,21H2,1-2H3,(H,36,41)(H,37,42)/t26-,27-,28-,31-,32+/m0/s1. The van der Waals surface area contributed by atoms with E-state index < -0.39 is 46.7 Å². The molecule has 16 nitrogen and oxygen atoms in total. The zero-order chi connectivity index (χ0) is 36.0. The van der Waals surface area contributed by atoms with Gasteiger partial charge in [0.1, 0.15) is 11.9 Å². The third-order valence-corrected chi connectivity index (χ3v) is 10.6. The molecule has 0 spiro atoms. The van der Waals surface area contributed by atoms with Crippen LogP contribution < -0.4 is 24.8 Å². The summed E-state index contributed by atoms with van der Waals surface area (Å²) in [6.45, 7) is 5.07. The summed E-state index contributed by atoms with van der Waals surface area (Å²) < 4.78 is 63.8. The fourth-order valence-electron chi connectivity index (χ4n) is 6.15. The van der Waals surface area contributed by atoms with Crippen molar-refractivity contribution in [3.05, 3.63) is 66.7 Å². The van der Waals surface area contributed by atoms with Crippen LogP contribution in [0.3, 0.4) is 0 Å². The fraction of sp³-hybridized carbons (Fsp3) is 0.500. The molecular formula is C34H43N5O11S. The van der Waals surface area contributed by atoms with Gasteiger partial charge in [-0.2, -0.15) is 4.31 Å². The third-order valence-electron chi connectivity index (χ3n) is 8.74. The number of imidazole rings is 1. The smallest absolute Gasteiger partial charge is 0.412 e. The molecule has 51 heavy (non-hydrogen) atoms. The summed E-state index contributed by atoms with van der Waals surface area (Å²) in [4.78, 5) is 29.5. The molecule has 5 atom stereocenters. The van der Waals surface area contributed by atoms with Crippen LogP contribution in [0.2, 0.25) is 0 Å². The molecule has 4 heterocycles. The van der Waals surface area contributed by atoms with Crippen molar-refractivity contribution in [1.82, 2.24) is 24.5 Å². The van der Waals surface area contributed by atoms with E-state index in [0.29, 0.717) is 43.2 Å². The normalized spacial score (nSPS) is 20.6. The predicted molar refractivity (Wildman–Crippen MR) is 180 cm³/mol. The number of benzene rings is 2. The van der Waals surface area contributed by atoms with Gasteiger partial charge in [-0.3, -0.25) is 0 Å². The van der Waals surface area contributed by atoms with Crippen molar-refractivity contribution in [2.45, 2.75) is 62.7 Å². The first-order valence-electron chi connectivity index (χ1n) is 16.8. The second kappa shape index (κ2) is 16.3. The zero-order valence-electron chi connectivity index (χ0n) is 28.4. The molecule has 6 rings (SSSR count). The highest BCUT2D eigenvalue weighted by Gasteiger charge is 2.44. The number of hydrogen-bond donors (Lipinski definition) is 3. The Labute approximate surface area is 296 Å². The van der Waals surface area contributed by atoms with Crippen LogP contribution >= 0.6 is 0 Å². The van der Waals surface area contributed by atoms with Gasteiger partial charge in [0.15, 0.2) is 17.8 Å². The lowest BCUT2D eigenvalue weighted by Gasteiger charge is -2.31. The van der Waals surface area contributed by atoms with Gasteiger partial charge in [-0.1, -0.05) is 26.0 Å². The van der Waals surface area contributed by atoms with Crippen molar-refractivity contribution in [2.24, 2.45) is 11.8 Å². The number of ether oxygens (including phenoxy) is 6. The molecule has 2 fully saturated rings. The van der Waals surface area contributed by atoms with Gasteiger partial charge in [0.05, 0.1) is 42.5 Å². The molecule has 2 amide bonds. The number of carbonyl (C=O) groups excluding carboxylic acids is 2. The van der Waals surface area contributed by atoms with Crippen molar-refractivity contribution < 1.29 is 51.5 Å². The van der Waals surface area contributed by atoms with E-state index in [2.05, 4.69) is 15.6 Å². The Morgan fingerprint density at radius 1 is 1.08 bits per heavy atom. The maximum absolute atomic E-state index is 13.9. The van der Waals surface area contributed by atoms with Crippen molar-refractivity contribution in [1.29, 1.82) is 0 Å². The molecule has 2 aromatic carbocycles. The Morgan fingerprint density at radius 2 is 1.88 bits per heavy atom. The topological polar surface area (TPSA) is 189 Å². The van der Waals surface area contributed by atoms with Crippen LogP contribution in [0.15, 0.2) is 66.1 Å². The minimum absolute atomic E-state index is 0.00855. The summed E-state index contributed by atoms with van der Waals surface area (Å²) in [6.07, 6.45) is 2.16.